The lowest BCUT2D eigenvalue weighted by Crippen LogP contribution is -2.47. The van der Waals surface area contributed by atoms with E-state index in [2.05, 4.69) is 20.5 Å². The van der Waals surface area contributed by atoms with Crippen molar-refractivity contribution in [3.63, 3.8) is 0 Å². The number of amides is 1. The number of hydrogen-bond donors (Lipinski definition) is 2. The highest BCUT2D eigenvalue weighted by Crippen LogP contribution is 2.27. The van der Waals surface area contributed by atoms with Crippen LogP contribution in [-0.4, -0.2) is 48.0 Å². The molecule has 5 heteroatoms. The zero-order valence-electron chi connectivity index (χ0n) is 14.8. The van der Waals surface area contributed by atoms with Gasteiger partial charge in [-0.15, -0.1) is 0 Å². The standard InChI is InChI=1S/C19H30N4O/c1-15-13-20-9-8-18(15)21-10-11-22-19(24)16-5-4-12-23(14-16)17-6-2-3-7-17/h8-9,13,16-17H,2-7,10-12,14H2,1H3,(H,20,21)(H,22,24). The molecule has 2 heterocycles. The van der Waals surface area contributed by atoms with Crippen molar-refractivity contribution in [2.24, 2.45) is 5.92 Å². The van der Waals surface area contributed by atoms with E-state index < -0.39 is 0 Å². The van der Waals surface area contributed by atoms with Gasteiger partial charge in [-0.1, -0.05) is 12.8 Å². The molecule has 1 aliphatic heterocycles. The number of hydrogen-bond acceptors (Lipinski definition) is 4. The Bertz CT molecular complexity index is 542. The van der Waals surface area contributed by atoms with Gasteiger partial charge in [0.15, 0.2) is 0 Å². The van der Waals surface area contributed by atoms with E-state index in [-0.39, 0.29) is 11.8 Å². The van der Waals surface area contributed by atoms with Crippen LogP contribution in [0.2, 0.25) is 0 Å². The summed E-state index contributed by atoms with van der Waals surface area (Å²) >= 11 is 0. The van der Waals surface area contributed by atoms with Crippen LogP contribution in [0.25, 0.3) is 0 Å². The number of nitrogens with zero attached hydrogens (tertiary/aromatic N) is 2. The van der Waals surface area contributed by atoms with Crippen molar-refractivity contribution >= 4 is 11.6 Å². The fraction of sp³-hybridized carbons (Fsp3) is 0.684. The molecule has 1 unspecified atom stereocenters. The van der Waals surface area contributed by atoms with Crippen molar-refractivity contribution in [1.29, 1.82) is 0 Å². The minimum Gasteiger partial charge on any atom is -0.383 e. The molecule has 3 rings (SSSR count). The summed E-state index contributed by atoms with van der Waals surface area (Å²) in [5.74, 6) is 0.396. The molecule has 0 aromatic carbocycles. The van der Waals surface area contributed by atoms with E-state index in [1.807, 2.05) is 19.2 Å². The number of rotatable bonds is 6. The molecular weight excluding hydrogens is 300 g/mol. The second-order valence-electron chi connectivity index (χ2n) is 7.18. The van der Waals surface area contributed by atoms with E-state index in [9.17, 15) is 4.79 Å². The van der Waals surface area contributed by atoms with Gasteiger partial charge in [0, 0.05) is 43.8 Å². The summed E-state index contributed by atoms with van der Waals surface area (Å²) in [6, 6.07) is 2.70. The second kappa shape index (κ2) is 8.47. The summed E-state index contributed by atoms with van der Waals surface area (Å²) < 4.78 is 0. The maximum Gasteiger partial charge on any atom is 0.224 e. The van der Waals surface area contributed by atoms with Gasteiger partial charge >= 0.3 is 0 Å². The van der Waals surface area contributed by atoms with E-state index in [0.717, 1.165) is 43.2 Å². The lowest BCUT2D eigenvalue weighted by Gasteiger charge is -2.36. The van der Waals surface area contributed by atoms with Gasteiger partial charge in [0.25, 0.3) is 0 Å². The SMILES string of the molecule is Cc1cnccc1NCCNC(=O)C1CCCN(C2CCCC2)C1. The monoisotopic (exact) mass is 330 g/mol. The Balaban J connectivity index is 1.39. The summed E-state index contributed by atoms with van der Waals surface area (Å²) in [6.45, 7) is 5.58. The Hall–Kier alpha value is -1.62. The molecule has 2 aliphatic rings. The molecular formula is C19H30N4O. The van der Waals surface area contributed by atoms with Crippen molar-refractivity contribution in [3.05, 3.63) is 24.0 Å². The number of aromatic nitrogens is 1. The van der Waals surface area contributed by atoms with E-state index in [0.29, 0.717) is 6.54 Å². The number of anilines is 1. The third-order valence-corrected chi connectivity index (χ3v) is 5.42. The number of pyridine rings is 1. The Morgan fingerprint density at radius 3 is 2.88 bits per heavy atom. The van der Waals surface area contributed by atoms with Gasteiger partial charge in [-0.3, -0.25) is 14.7 Å². The minimum atomic E-state index is 0.169. The first-order valence-corrected chi connectivity index (χ1v) is 9.40. The van der Waals surface area contributed by atoms with Crippen LogP contribution in [0, 0.1) is 12.8 Å². The fourth-order valence-corrected chi connectivity index (χ4v) is 4.02. The molecule has 1 aromatic rings. The highest BCUT2D eigenvalue weighted by atomic mass is 16.1. The number of carbonyl (C=O) groups excluding carboxylic acids is 1. The van der Waals surface area contributed by atoms with E-state index in [1.54, 1.807) is 6.20 Å². The molecule has 5 nitrogen and oxygen atoms in total. The molecule has 0 spiro atoms. The molecule has 1 aliphatic carbocycles. The smallest absolute Gasteiger partial charge is 0.224 e. The number of carbonyl (C=O) groups is 1. The van der Waals surface area contributed by atoms with Gasteiger partial charge < -0.3 is 10.6 Å². The van der Waals surface area contributed by atoms with Crippen molar-refractivity contribution in [3.8, 4) is 0 Å². The highest BCUT2D eigenvalue weighted by molar-refractivity contribution is 5.79. The third-order valence-electron chi connectivity index (χ3n) is 5.42. The summed E-state index contributed by atoms with van der Waals surface area (Å²) in [6.07, 6.45) is 11.2. The van der Waals surface area contributed by atoms with Crippen LogP contribution in [0.15, 0.2) is 18.5 Å². The minimum absolute atomic E-state index is 0.169. The molecule has 1 amide bonds. The molecule has 24 heavy (non-hydrogen) atoms. The van der Waals surface area contributed by atoms with Gasteiger partial charge in [0.1, 0.15) is 0 Å². The Morgan fingerprint density at radius 1 is 1.25 bits per heavy atom. The lowest BCUT2D eigenvalue weighted by atomic mass is 9.95. The summed E-state index contributed by atoms with van der Waals surface area (Å²) in [5, 5.41) is 6.47. The average Bonchev–Trinajstić information content (AvgIpc) is 3.15. The van der Waals surface area contributed by atoms with Crippen molar-refractivity contribution in [2.75, 3.05) is 31.5 Å². The zero-order valence-corrected chi connectivity index (χ0v) is 14.8. The zero-order chi connectivity index (χ0) is 16.8. The van der Waals surface area contributed by atoms with Gasteiger partial charge in [-0.25, -0.2) is 0 Å². The molecule has 132 valence electrons. The first-order valence-electron chi connectivity index (χ1n) is 9.40. The van der Waals surface area contributed by atoms with E-state index in [4.69, 9.17) is 0 Å². The normalized spacial score (nSPS) is 22.5. The van der Waals surface area contributed by atoms with Crippen molar-refractivity contribution in [2.45, 2.75) is 51.5 Å². The third kappa shape index (κ3) is 4.47. The summed E-state index contributed by atoms with van der Waals surface area (Å²) in [4.78, 5) is 19.1. The number of piperidine rings is 1. The van der Waals surface area contributed by atoms with Crippen LogP contribution in [0.1, 0.15) is 44.1 Å². The molecule has 1 saturated carbocycles. The maximum absolute atomic E-state index is 12.5. The lowest BCUT2D eigenvalue weighted by molar-refractivity contribution is -0.126. The molecule has 0 bridgehead atoms. The van der Waals surface area contributed by atoms with Crippen LogP contribution in [0.3, 0.4) is 0 Å². The Morgan fingerprint density at radius 2 is 2.08 bits per heavy atom. The predicted molar refractivity (Wildman–Crippen MR) is 97.0 cm³/mol. The Kier molecular flexibility index (Phi) is 6.07. The largest absolute Gasteiger partial charge is 0.383 e. The molecule has 1 saturated heterocycles. The quantitative estimate of drug-likeness (QED) is 0.787. The molecule has 1 atom stereocenters. The van der Waals surface area contributed by atoms with Gasteiger partial charge in [-0.05, 0) is 50.8 Å². The van der Waals surface area contributed by atoms with Crippen LogP contribution in [-0.2, 0) is 4.79 Å². The summed E-state index contributed by atoms with van der Waals surface area (Å²) in [7, 11) is 0. The number of nitrogens with one attached hydrogen (secondary N) is 2. The first kappa shape index (κ1) is 17.2. The average molecular weight is 330 g/mol. The topological polar surface area (TPSA) is 57.3 Å². The molecule has 2 fully saturated rings. The van der Waals surface area contributed by atoms with Gasteiger partial charge in [-0.2, -0.15) is 0 Å². The van der Waals surface area contributed by atoms with E-state index >= 15 is 0 Å². The number of aryl methyl sites for hydroxylation is 1. The summed E-state index contributed by atoms with van der Waals surface area (Å²) in [5.41, 5.74) is 2.22. The van der Waals surface area contributed by atoms with Crippen LogP contribution in [0.5, 0.6) is 0 Å². The van der Waals surface area contributed by atoms with Crippen molar-refractivity contribution < 1.29 is 4.79 Å². The predicted octanol–water partition coefficient (Wildman–Crippen LogP) is 2.57. The Labute approximate surface area is 145 Å². The maximum atomic E-state index is 12.5. The van der Waals surface area contributed by atoms with Gasteiger partial charge in [0.2, 0.25) is 5.91 Å². The van der Waals surface area contributed by atoms with Crippen LogP contribution < -0.4 is 10.6 Å². The molecule has 1 aromatic heterocycles. The van der Waals surface area contributed by atoms with Crippen molar-refractivity contribution in [1.82, 2.24) is 15.2 Å². The fourth-order valence-electron chi connectivity index (χ4n) is 4.02. The van der Waals surface area contributed by atoms with Crippen LogP contribution >= 0.6 is 0 Å². The molecule has 2 N–H and O–H groups in total. The first-order chi connectivity index (χ1) is 11.7. The van der Waals surface area contributed by atoms with Crippen LogP contribution in [0.4, 0.5) is 5.69 Å². The van der Waals surface area contributed by atoms with E-state index in [1.165, 1.54) is 32.2 Å². The van der Waals surface area contributed by atoms with Gasteiger partial charge in [0.05, 0.1) is 5.92 Å². The second-order valence-corrected chi connectivity index (χ2v) is 7.18. The highest BCUT2D eigenvalue weighted by Gasteiger charge is 2.30. The molecule has 0 radical (unpaired) electrons. The number of likely N-dealkylation sites (tertiary alicyclic amines) is 1.